The molecule has 0 bridgehead atoms. The van der Waals surface area contributed by atoms with Gasteiger partial charge in [-0.3, -0.25) is 0 Å². The second-order valence-electron chi connectivity index (χ2n) is 2.69. The van der Waals surface area contributed by atoms with E-state index >= 15 is 0 Å². The summed E-state index contributed by atoms with van der Waals surface area (Å²) < 4.78 is 0. The van der Waals surface area contributed by atoms with E-state index in [-0.39, 0.29) is 5.75 Å². The molecule has 1 aromatic carbocycles. The topological polar surface area (TPSA) is 52.8 Å². The molecule has 12 heavy (non-hydrogen) atoms. The van der Waals surface area contributed by atoms with Gasteiger partial charge in [0, 0.05) is 0 Å². The highest BCUT2D eigenvalue weighted by molar-refractivity contribution is 5.98. The third-order valence-corrected chi connectivity index (χ3v) is 1.76. The predicted octanol–water partition coefficient (Wildman–Crippen LogP) is 1.90. The lowest BCUT2D eigenvalue weighted by atomic mass is 10.1. The molecule has 2 N–H and O–H groups in total. The molecule has 0 amide bonds. The van der Waals surface area contributed by atoms with Gasteiger partial charge in [-0.15, -0.1) is 0 Å². The van der Waals surface area contributed by atoms with Crippen LogP contribution in [-0.2, 0) is 0 Å². The summed E-state index contributed by atoms with van der Waals surface area (Å²) in [5, 5.41) is 20.7. The highest BCUT2D eigenvalue weighted by atomic mass is 16.4. The van der Waals surface area contributed by atoms with Crippen LogP contribution < -0.4 is 0 Å². The number of nitrogens with zero attached hydrogens (tertiary/aromatic N) is 1. The molecule has 0 aliphatic heterocycles. The van der Waals surface area contributed by atoms with Gasteiger partial charge in [-0.1, -0.05) is 5.16 Å². The van der Waals surface area contributed by atoms with Crippen molar-refractivity contribution < 1.29 is 10.3 Å². The third kappa shape index (κ3) is 1.56. The Kier molecular flexibility index (Phi) is 2.33. The van der Waals surface area contributed by atoms with Gasteiger partial charge in [-0.25, -0.2) is 0 Å². The van der Waals surface area contributed by atoms with Crippen LogP contribution in [0.1, 0.15) is 18.1 Å². The molecule has 0 radical (unpaired) electrons. The molecule has 1 aromatic rings. The Morgan fingerprint density at radius 1 is 1.42 bits per heavy atom. The van der Waals surface area contributed by atoms with Gasteiger partial charge in [0.05, 0.1) is 5.71 Å². The van der Waals surface area contributed by atoms with Crippen LogP contribution in [0, 0.1) is 6.92 Å². The SMILES string of the molecule is C/C(=N/O)c1ccc(O)c(C)c1. The fourth-order valence-electron chi connectivity index (χ4n) is 0.938. The van der Waals surface area contributed by atoms with Crippen molar-refractivity contribution in [3.63, 3.8) is 0 Å². The molecule has 64 valence electrons. The van der Waals surface area contributed by atoms with Crippen LogP contribution >= 0.6 is 0 Å². The van der Waals surface area contributed by atoms with Gasteiger partial charge < -0.3 is 10.3 Å². The maximum atomic E-state index is 9.20. The number of hydrogen-bond donors (Lipinski definition) is 2. The first-order valence-electron chi connectivity index (χ1n) is 3.64. The summed E-state index contributed by atoms with van der Waals surface area (Å²) in [6.45, 7) is 3.50. The number of hydrogen-bond acceptors (Lipinski definition) is 3. The van der Waals surface area contributed by atoms with E-state index in [4.69, 9.17) is 5.21 Å². The monoisotopic (exact) mass is 165 g/mol. The minimum Gasteiger partial charge on any atom is -0.508 e. The van der Waals surface area contributed by atoms with E-state index in [1.807, 2.05) is 0 Å². The number of phenolic OH excluding ortho intramolecular Hbond substituents is 1. The summed E-state index contributed by atoms with van der Waals surface area (Å²) in [6.07, 6.45) is 0. The normalized spacial score (nSPS) is 11.7. The number of aryl methyl sites for hydroxylation is 1. The van der Waals surface area contributed by atoms with Crippen LogP contribution in [0.5, 0.6) is 5.75 Å². The Bertz CT molecular complexity index is 318. The molecule has 0 atom stereocenters. The quantitative estimate of drug-likeness (QED) is 0.379. The molecular formula is C9H11NO2. The average molecular weight is 165 g/mol. The minimum absolute atomic E-state index is 0.254. The van der Waals surface area contributed by atoms with Gasteiger partial charge in [-0.2, -0.15) is 0 Å². The summed E-state index contributed by atoms with van der Waals surface area (Å²) in [5.41, 5.74) is 2.13. The van der Waals surface area contributed by atoms with E-state index < -0.39 is 0 Å². The lowest BCUT2D eigenvalue weighted by Crippen LogP contribution is -1.94. The summed E-state index contributed by atoms with van der Waals surface area (Å²) in [5.74, 6) is 0.254. The Morgan fingerprint density at radius 2 is 2.08 bits per heavy atom. The van der Waals surface area contributed by atoms with Crippen LogP contribution in [0.4, 0.5) is 0 Å². The van der Waals surface area contributed by atoms with E-state index in [9.17, 15) is 5.11 Å². The van der Waals surface area contributed by atoms with Crippen molar-refractivity contribution in [1.29, 1.82) is 0 Å². The van der Waals surface area contributed by atoms with Crippen molar-refractivity contribution in [3.05, 3.63) is 29.3 Å². The van der Waals surface area contributed by atoms with Crippen LogP contribution in [0.3, 0.4) is 0 Å². The first-order valence-corrected chi connectivity index (χ1v) is 3.64. The number of aromatic hydroxyl groups is 1. The molecule has 0 fully saturated rings. The van der Waals surface area contributed by atoms with E-state index in [0.29, 0.717) is 5.71 Å². The van der Waals surface area contributed by atoms with Crippen molar-refractivity contribution >= 4 is 5.71 Å². The number of oxime groups is 1. The van der Waals surface area contributed by atoms with E-state index in [1.165, 1.54) is 0 Å². The molecule has 1 rings (SSSR count). The molecule has 0 spiro atoms. The minimum atomic E-state index is 0.254. The lowest BCUT2D eigenvalue weighted by molar-refractivity contribution is 0.319. The Labute approximate surface area is 71.0 Å². The zero-order chi connectivity index (χ0) is 9.14. The first kappa shape index (κ1) is 8.59. The Hall–Kier alpha value is -1.51. The Balaban J connectivity index is 3.13. The van der Waals surface area contributed by atoms with Crippen LogP contribution in [0.25, 0.3) is 0 Å². The molecule has 0 saturated carbocycles. The van der Waals surface area contributed by atoms with Crippen LogP contribution in [0.2, 0.25) is 0 Å². The second-order valence-corrected chi connectivity index (χ2v) is 2.69. The van der Waals surface area contributed by atoms with E-state index in [1.54, 1.807) is 32.0 Å². The van der Waals surface area contributed by atoms with Crippen molar-refractivity contribution in [1.82, 2.24) is 0 Å². The molecule has 0 heterocycles. The summed E-state index contributed by atoms with van der Waals surface area (Å²) in [6, 6.07) is 5.06. The second kappa shape index (κ2) is 3.26. The molecule has 0 aliphatic rings. The number of rotatable bonds is 1. The zero-order valence-corrected chi connectivity index (χ0v) is 7.07. The highest BCUT2D eigenvalue weighted by Gasteiger charge is 2.00. The molecule has 3 nitrogen and oxygen atoms in total. The summed E-state index contributed by atoms with van der Waals surface area (Å²) in [4.78, 5) is 0. The first-order chi connectivity index (χ1) is 5.65. The molecule has 0 unspecified atom stereocenters. The van der Waals surface area contributed by atoms with Crippen molar-refractivity contribution in [2.75, 3.05) is 0 Å². The van der Waals surface area contributed by atoms with Crippen molar-refractivity contribution in [2.24, 2.45) is 5.16 Å². The molecular weight excluding hydrogens is 154 g/mol. The van der Waals surface area contributed by atoms with Gasteiger partial charge in [0.15, 0.2) is 0 Å². The molecule has 0 aliphatic carbocycles. The van der Waals surface area contributed by atoms with Crippen molar-refractivity contribution in [2.45, 2.75) is 13.8 Å². The standard InChI is InChI=1S/C9H11NO2/c1-6-5-8(7(2)10-12)3-4-9(6)11/h3-5,11-12H,1-2H3/b10-7-. The largest absolute Gasteiger partial charge is 0.508 e. The van der Waals surface area contributed by atoms with Gasteiger partial charge in [-0.05, 0) is 43.2 Å². The molecule has 3 heteroatoms. The maximum Gasteiger partial charge on any atom is 0.118 e. The van der Waals surface area contributed by atoms with Gasteiger partial charge in [0.25, 0.3) is 0 Å². The fourth-order valence-corrected chi connectivity index (χ4v) is 0.938. The zero-order valence-electron chi connectivity index (χ0n) is 7.07. The van der Waals surface area contributed by atoms with Crippen molar-refractivity contribution in [3.8, 4) is 5.75 Å². The van der Waals surface area contributed by atoms with Crippen LogP contribution in [0.15, 0.2) is 23.4 Å². The van der Waals surface area contributed by atoms with Gasteiger partial charge >= 0.3 is 0 Å². The highest BCUT2D eigenvalue weighted by Crippen LogP contribution is 2.17. The van der Waals surface area contributed by atoms with Gasteiger partial charge in [0.2, 0.25) is 0 Å². The average Bonchev–Trinajstić information content (AvgIpc) is 2.08. The smallest absolute Gasteiger partial charge is 0.118 e. The third-order valence-electron chi connectivity index (χ3n) is 1.76. The molecule has 0 aromatic heterocycles. The van der Waals surface area contributed by atoms with E-state index in [0.717, 1.165) is 11.1 Å². The lowest BCUT2D eigenvalue weighted by Gasteiger charge is -2.01. The van der Waals surface area contributed by atoms with Crippen LogP contribution in [-0.4, -0.2) is 16.0 Å². The number of benzene rings is 1. The predicted molar refractivity (Wildman–Crippen MR) is 46.8 cm³/mol. The fraction of sp³-hybridized carbons (Fsp3) is 0.222. The van der Waals surface area contributed by atoms with E-state index in [2.05, 4.69) is 5.16 Å². The summed E-state index contributed by atoms with van der Waals surface area (Å²) in [7, 11) is 0. The molecule has 0 saturated heterocycles. The summed E-state index contributed by atoms with van der Waals surface area (Å²) >= 11 is 0. The Morgan fingerprint density at radius 3 is 2.58 bits per heavy atom. The number of phenols is 1. The maximum absolute atomic E-state index is 9.20. The van der Waals surface area contributed by atoms with Gasteiger partial charge in [0.1, 0.15) is 5.75 Å².